The number of thiophene rings is 1. The van der Waals surface area contributed by atoms with Gasteiger partial charge in [0.25, 0.3) is 0 Å². The van der Waals surface area contributed by atoms with Crippen LogP contribution in [-0.2, 0) is 4.79 Å². The summed E-state index contributed by atoms with van der Waals surface area (Å²) in [6, 6.07) is 11.3. The van der Waals surface area contributed by atoms with Gasteiger partial charge in [-0.1, -0.05) is 37.3 Å². The highest BCUT2D eigenvalue weighted by atomic mass is 32.1. The normalized spacial score (nSPS) is 12.1. The van der Waals surface area contributed by atoms with Crippen molar-refractivity contribution in [2.75, 3.05) is 0 Å². The first-order chi connectivity index (χ1) is 9.08. The molecule has 2 nitrogen and oxygen atoms in total. The van der Waals surface area contributed by atoms with Crippen molar-refractivity contribution in [3.8, 4) is 0 Å². The van der Waals surface area contributed by atoms with Crippen LogP contribution < -0.4 is 0 Å². The Balaban J connectivity index is 2.14. The fourth-order valence-corrected chi connectivity index (χ4v) is 2.75. The molecule has 0 fully saturated rings. The van der Waals surface area contributed by atoms with E-state index >= 15 is 0 Å². The van der Waals surface area contributed by atoms with Gasteiger partial charge < -0.3 is 4.79 Å². The maximum atomic E-state index is 12.1. The lowest BCUT2D eigenvalue weighted by atomic mass is 9.94. The highest BCUT2D eigenvalue weighted by Crippen LogP contribution is 2.21. The maximum Gasteiger partial charge on any atom is 0.202 e. The molecule has 0 radical (unpaired) electrons. The van der Waals surface area contributed by atoms with E-state index < -0.39 is 0 Å². The van der Waals surface area contributed by atoms with Gasteiger partial charge in [-0.25, -0.2) is 0 Å². The smallest absolute Gasteiger partial charge is 0.202 e. The van der Waals surface area contributed by atoms with Crippen LogP contribution in [0.1, 0.15) is 47.0 Å². The van der Waals surface area contributed by atoms with Gasteiger partial charge in [0.15, 0.2) is 0 Å². The topological polar surface area (TPSA) is 34.1 Å². The lowest BCUT2D eigenvalue weighted by Crippen LogP contribution is -2.02. The van der Waals surface area contributed by atoms with E-state index in [1.54, 1.807) is 6.92 Å². The molecular formula is C16H16O2S. The first kappa shape index (κ1) is 13.7. The molecule has 98 valence electrons. The van der Waals surface area contributed by atoms with Crippen molar-refractivity contribution < 1.29 is 9.59 Å². The van der Waals surface area contributed by atoms with E-state index in [0.29, 0.717) is 12.0 Å². The molecule has 0 amide bonds. The van der Waals surface area contributed by atoms with E-state index in [0.717, 1.165) is 10.4 Å². The van der Waals surface area contributed by atoms with Crippen LogP contribution in [0.25, 0.3) is 0 Å². The van der Waals surface area contributed by atoms with Crippen molar-refractivity contribution >= 4 is 22.9 Å². The Morgan fingerprint density at radius 3 is 2.37 bits per heavy atom. The Morgan fingerprint density at radius 2 is 1.84 bits per heavy atom. The first-order valence-electron chi connectivity index (χ1n) is 6.25. The van der Waals surface area contributed by atoms with E-state index in [1.807, 2.05) is 48.7 Å². The molecule has 2 rings (SSSR count). The van der Waals surface area contributed by atoms with E-state index in [1.165, 1.54) is 11.3 Å². The summed E-state index contributed by atoms with van der Waals surface area (Å²) in [6.45, 7) is 3.63. The van der Waals surface area contributed by atoms with Gasteiger partial charge in [0, 0.05) is 12.0 Å². The van der Waals surface area contributed by atoms with Crippen molar-refractivity contribution in [2.45, 2.75) is 26.2 Å². The summed E-state index contributed by atoms with van der Waals surface area (Å²) < 4.78 is 0. The molecule has 0 aliphatic carbocycles. The number of hydrogen-bond donors (Lipinski definition) is 0. The van der Waals surface area contributed by atoms with Crippen LogP contribution in [0.15, 0.2) is 41.8 Å². The summed E-state index contributed by atoms with van der Waals surface area (Å²) in [5, 5.41) is 1.90. The molecule has 0 spiro atoms. The summed E-state index contributed by atoms with van der Waals surface area (Å²) in [7, 11) is 0. The van der Waals surface area contributed by atoms with Crippen molar-refractivity contribution in [3.05, 3.63) is 57.8 Å². The van der Waals surface area contributed by atoms with E-state index in [9.17, 15) is 9.59 Å². The Kier molecular flexibility index (Phi) is 4.27. The predicted octanol–water partition coefficient (Wildman–Crippen LogP) is 4.06. The summed E-state index contributed by atoms with van der Waals surface area (Å²) in [4.78, 5) is 24.0. The lowest BCUT2D eigenvalue weighted by Gasteiger charge is -2.10. The molecule has 0 N–H and O–H groups in total. The van der Waals surface area contributed by atoms with Crippen molar-refractivity contribution in [3.63, 3.8) is 0 Å². The van der Waals surface area contributed by atoms with Gasteiger partial charge in [-0.3, -0.25) is 4.79 Å². The molecule has 0 bridgehead atoms. The molecule has 1 aromatic heterocycles. The second kappa shape index (κ2) is 5.93. The molecule has 0 saturated carbocycles. The lowest BCUT2D eigenvalue weighted by molar-refractivity contribution is -0.117. The van der Waals surface area contributed by atoms with Crippen molar-refractivity contribution in [1.82, 2.24) is 0 Å². The van der Waals surface area contributed by atoms with Crippen LogP contribution in [0, 0.1) is 0 Å². The molecule has 2 aromatic rings. The Labute approximate surface area is 117 Å². The van der Waals surface area contributed by atoms with Crippen LogP contribution >= 0.6 is 11.3 Å². The third-order valence-corrected chi connectivity index (χ3v) is 3.95. The van der Waals surface area contributed by atoms with Gasteiger partial charge in [-0.2, -0.15) is 0 Å². The number of Topliss-reactive ketones (excluding diaryl/α,β-unsaturated/α-hetero) is 1. The molecule has 1 unspecified atom stereocenters. The monoisotopic (exact) mass is 272 g/mol. The van der Waals surface area contributed by atoms with Gasteiger partial charge in [-0.05, 0) is 29.9 Å². The first-order valence-corrected chi connectivity index (χ1v) is 7.13. The molecule has 0 aliphatic rings. The molecule has 1 aromatic carbocycles. The molecule has 1 atom stereocenters. The third-order valence-electron chi connectivity index (χ3n) is 3.08. The molecule has 0 saturated heterocycles. The second-order valence-electron chi connectivity index (χ2n) is 4.74. The van der Waals surface area contributed by atoms with Crippen molar-refractivity contribution in [1.29, 1.82) is 0 Å². The summed E-state index contributed by atoms with van der Waals surface area (Å²) >= 11 is 1.45. The SMILES string of the molecule is CC(=O)CC(C)c1ccc(C(=O)c2cccs2)cc1. The predicted molar refractivity (Wildman–Crippen MR) is 77.9 cm³/mol. The van der Waals surface area contributed by atoms with Crippen LogP contribution in [0.4, 0.5) is 0 Å². The number of carbonyl (C=O) groups is 2. The molecule has 19 heavy (non-hydrogen) atoms. The Morgan fingerprint density at radius 1 is 1.16 bits per heavy atom. The average Bonchev–Trinajstić information content (AvgIpc) is 2.91. The number of benzene rings is 1. The Hall–Kier alpha value is -1.74. The van der Waals surface area contributed by atoms with Gasteiger partial charge in [-0.15, -0.1) is 11.3 Å². The molecular weight excluding hydrogens is 256 g/mol. The summed E-state index contributed by atoms with van der Waals surface area (Å²) in [6.07, 6.45) is 0.540. The summed E-state index contributed by atoms with van der Waals surface area (Å²) in [5.41, 5.74) is 1.79. The average molecular weight is 272 g/mol. The standard InChI is InChI=1S/C16H16O2S/c1-11(10-12(2)17)13-5-7-14(8-6-13)16(18)15-4-3-9-19-15/h3-9,11H,10H2,1-2H3. The van der Waals surface area contributed by atoms with Gasteiger partial charge in [0.2, 0.25) is 5.78 Å². The number of carbonyl (C=O) groups excluding carboxylic acids is 2. The zero-order valence-electron chi connectivity index (χ0n) is 11.1. The zero-order chi connectivity index (χ0) is 13.8. The summed E-state index contributed by atoms with van der Waals surface area (Å²) in [5.74, 6) is 0.440. The third kappa shape index (κ3) is 3.38. The van der Waals surface area contributed by atoms with E-state index in [4.69, 9.17) is 0 Å². The number of ketones is 2. The van der Waals surface area contributed by atoms with Crippen LogP contribution in [-0.4, -0.2) is 11.6 Å². The minimum atomic E-state index is 0.0563. The fourth-order valence-electron chi connectivity index (χ4n) is 2.06. The van der Waals surface area contributed by atoms with Crippen molar-refractivity contribution in [2.24, 2.45) is 0 Å². The number of hydrogen-bond acceptors (Lipinski definition) is 3. The molecule has 1 heterocycles. The van der Waals surface area contributed by atoms with E-state index in [2.05, 4.69) is 0 Å². The van der Waals surface area contributed by atoms with Crippen LogP contribution in [0.5, 0.6) is 0 Å². The van der Waals surface area contributed by atoms with Crippen LogP contribution in [0.3, 0.4) is 0 Å². The minimum absolute atomic E-state index is 0.0563. The van der Waals surface area contributed by atoms with E-state index in [-0.39, 0.29) is 17.5 Å². The maximum absolute atomic E-state index is 12.1. The quantitative estimate of drug-likeness (QED) is 0.769. The highest BCUT2D eigenvalue weighted by Gasteiger charge is 2.12. The minimum Gasteiger partial charge on any atom is -0.300 e. The Bertz CT molecular complexity index is 567. The second-order valence-corrected chi connectivity index (χ2v) is 5.68. The fraction of sp³-hybridized carbons (Fsp3) is 0.250. The van der Waals surface area contributed by atoms with Gasteiger partial charge >= 0.3 is 0 Å². The zero-order valence-corrected chi connectivity index (χ0v) is 11.9. The molecule has 3 heteroatoms. The number of rotatable bonds is 5. The van der Waals surface area contributed by atoms with Gasteiger partial charge in [0.05, 0.1) is 4.88 Å². The highest BCUT2D eigenvalue weighted by molar-refractivity contribution is 7.12. The largest absolute Gasteiger partial charge is 0.300 e. The van der Waals surface area contributed by atoms with Gasteiger partial charge in [0.1, 0.15) is 5.78 Å². The van der Waals surface area contributed by atoms with Crippen LogP contribution in [0.2, 0.25) is 0 Å². The molecule has 0 aliphatic heterocycles.